The van der Waals surface area contributed by atoms with Crippen LogP contribution in [-0.2, 0) is 0 Å². The Bertz CT molecular complexity index is 78.2. The van der Waals surface area contributed by atoms with Gasteiger partial charge in [0, 0.05) is 5.25 Å². The fourth-order valence-corrected chi connectivity index (χ4v) is 1.64. The SMILES string of the molecule is CC(CC1CCC1)SN. The highest BCUT2D eigenvalue weighted by atomic mass is 32.2. The van der Waals surface area contributed by atoms with E-state index in [1.165, 1.54) is 37.6 Å². The molecule has 0 aromatic carbocycles. The molecule has 1 saturated carbocycles. The lowest BCUT2D eigenvalue weighted by Crippen LogP contribution is -2.16. The van der Waals surface area contributed by atoms with Crippen LogP contribution in [0, 0.1) is 5.92 Å². The fourth-order valence-electron chi connectivity index (χ4n) is 1.25. The summed E-state index contributed by atoms with van der Waals surface area (Å²) in [6, 6.07) is 0. The van der Waals surface area contributed by atoms with E-state index in [0.717, 1.165) is 5.92 Å². The lowest BCUT2D eigenvalue weighted by Gasteiger charge is -2.27. The molecular formula is C7H15NS. The monoisotopic (exact) mass is 145 g/mol. The topological polar surface area (TPSA) is 26.0 Å². The lowest BCUT2D eigenvalue weighted by molar-refractivity contribution is 0.297. The van der Waals surface area contributed by atoms with E-state index < -0.39 is 0 Å². The second-order valence-electron chi connectivity index (χ2n) is 2.98. The molecule has 1 atom stereocenters. The Kier molecular flexibility index (Phi) is 2.86. The van der Waals surface area contributed by atoms with Crippen LogP contribution < -0.4 is 5.14 Å². The molecule has 2 N–H and O–H groups in total. The smallest absolute Gasteiger partial charge is 0.0165 e. The average Bonchev–Trinajstić information content (AvgIpc) is 1.78. The van der Waals surface area contributed by atoms with Crippen molar-refractivity contribution in [3.8, 4) is 0 Å². The van der Waals surface area contributed by atoms with Gasteiger partial charge in [-0.15, -0.1) is 0 Å². The molecule has 0 saturated heterocycles. The first-order valence-corrected chi connectivity index (χ1v) is 4.62. The summed E-state index contributed by atoms with van der Waals surface area (Å²) in [5.74, 6) is 1.01. The molecule has 0 bridgehead atoms. The minimum atomic E-state index is 0.676. The number of nitrogens with two attached hydrogens (primary N) is 1. The van der Waals surface area contributed by atoms with Crippen molar-refractivity contribution >= 4 is 11.9 Å². The van der Waals surface area contributed by atoms with E-state index >= 15 is 0 Å². The third-order valence-electron chi connectivity index (χ3n) is 2.12. The molecule has 0 amide bonds. The Hall–Kier alpha value is 0.310. The molecule has 0 aliphatic heterocycles. The molecule has 0 spiro atoms. The molecule has 1 nitrogen and oxygen atoms in total. The quantitative estimate of drug-likeness (QED) is 0.616. The summed E-state index contributed by atoms with van der Waals surface area (Å²) >= 11 is 1.50. The third-order valence-corrected chi connectivity index (χ3v) is 2.78. The van der Waals surface area contributed by atoms with Crippen molar-refractivity contribution in [1.29, 1.82) is 0 Å². The Morgan fingerprint density at radius 1 is 1.67 bits per heavy atom. The van der Waals surface area contributed by atoms with Gasteiger partial charge in [-0.3, -0.25) is 5.14 Å². The van der Waals surface area contributed by atoms with Crippen molar-refractivity contribution in [2.24, 2.45) is 11.1 Å². The van der Waals surface area contributed by atoms with Crippen molar-refractivity contribution in [2.75, 3.05) is 0 Å². The van der Waals surface area contributed by atoms with E-state index in [1.54, 1.807) is 0 Å². The maximum Gasteiger partial charge on any atom is 0.0165 e. The summed E-state index contributed by atoms with van der Waals surface area (Å²) in [5, 5.41) is 6.09. The molecule has 1 fully saturated rings. The second kappa shape index (κ2) is 3.47. The maximum atomic E-state index is 5.42. The van der Waals surface area contributed by atoms with Crippen LogP contribution in [0.2, 0.25) is 0 Å². The molecule has 1 rings (SSSR count). The van der Waals surface area contributed by atoms with E-state index in [-0.39, 0.29) is 0 Å². The van der Waals surface area contributed by atoms with E-state index in [2.05, 4.69) is 6.92 Å². The standard InChI is InChI=1S/C7H15NS/c1-6(9-8)5-7-3-2-4-7/h6-7H,2-5,8H2,1H3. The molecule has 1 unspecified atom stereocenters. The number of hydrogen-bond donors (Lipinski definition) is 1. The Balaban J connectivity index is 2.01. The molecule has 9 heavy (non-hydrogen) atoms. The van der Waals surface area contributed by atoms with E-state index in [4.69, 9.17) is 5.14 Å². The fraction of sp³-hybridized carbons (Fsp3) is 1.00. The van der Waals surface area contributed by atoms with Crippen molar-refractivity contribution in [3.63, 3.8) is 0 Å². The summed E-state index contributed by atoms with van der Waals surface area (Å²) < 4.78 is 0. The minimum absolute atomic E-state index is 0.676. The highest BCUT2D eigenvalue weighted by Gasteiger charge is 2.19. The van der Waals surface area contributed by atoms with Crippen LogP contribution in [-0.4, -0.2) is 5.25 Å². The highest BCUT2D eigenvalue weighted by molar-refractivity contribution is 7.97. The van der Waals surface area contributed by atoms with Crippen LogP contribution >= 0.6 is 11.9 Å². The first kappa shape index (κ1) is 7.42. The van der Waals surface area contributed by atoms with Gasteiger partial charge in [-0.25, -0.2) is 0 Å². The minimum Gasteiger partial charge on any atom is -0.278 e. The predicted molar refractivity (Wildman–Crippen MR) is 43.2 cm³/mol. The Morgan fingerprint density at radius 3 is 2.67 bits per heavy atom. The van der Waals surface area contributed by atoms with Crippen molar-refractivity contribution in [1.82, 2.24) is 0 Å². The van der Waals surface area contributed by atoms with Gasteiger partial charge in [-0.1, -0.05) is 38.1 Å². The first-order valence-electron chi connectivity index (χ1n) is 3.68. The van der Waals surface area contributed by atoms with Gasteiger partial charge in [-0.05, 0) is 12.3 Å². The van der Waals surface area contributed by atoms with E-state index in [0.29, 0.717) is 5.25 Å². The Labute approximate surface area is 61.5 Å². The second-order valence-corrected chi connectivity index (χ2v) is 4.06. The molecule has 1 aliphatic carbocycles. The zero-order valence-electron chi connectivity index (χ0n) is 5.97. The molecule has 54 valence electrons. The number of hydrogen-bond acceptors (Lipinski definition) is 2. The average molecular weight is 145 g/mol. The van der Waals surface area contributed by atoms with Crippen LogP contribution in [0.4, 0.5) is 0 Å². The van der Waals surface area contributed by atoms with Crippen LogP contribution in [0.3, 0.4) is 0 Å². The molecular weight excluding hydrogens is 130 g/mol. The first-order chi connectivity index (χ1) is 4.33. The summed E-state index contributed by atoms with van der Waals surface area (Å²) in [6.07, 6.45) is 5.68. The van der Waals surface area contributed by atoms with Gasteiger partial charge in [-0.2, -0.15) is 0 Å². The summed E-state index contributed by atoms with van der Waals surface area (Å²) in [5.41, 5.74) is 0. The summed E-state index contributed by atoms with van der Waals surface area (Å²) in [7, 11) is 0. The molecule has 2 heteroatoms. The molecule has 0 heterocycles. The van der Waals surface area contributed by atoms with Crippen LogP contribution in [0.15, 0.2) is 0 Å². The van der Waals surface area contributed by atoms with Gasteiger partial charge in [0.2, 0.25) is 0 Å². The van der Waals surface area contributed by atoms with Crippen LogP contribution in [0.5, 0.6) is 0 Å². The van der Waals surface area contributed by atoms with E-state index in [1.807, 2.05) is 0 Å². The maximum absolute atomic E-state index is 5.42. The van der Waals surface area contributed by atoms with Gasteiger partial charge < -0.3 is 0 Å². The van der Waals surface area contributed by atoms with Crippen LogP contribution in [0.1, 0.15) is 32.6 Å². The summed E-state index contributed by atoms with van der Waals surface area (Å²) in [6.45, 7) is 2.21. The van der Waals surface area contributed by atoms with Gasteiger partial charge in [0.05, 0.1) is 0 Å². The molecule has 0 aromatic rings. The number of rotatable bonds is 3. The largest absolute Gasteiger partial charge is 0.278 e. The molecule has 1 aliphatic rings. The van der Waals surface area contributed by atoms with Crippen molar-refractivity contribution in [2.45, 2.75) is 37.9 Å². The van der Waals surface area contributed by atoms with Gasteiger partial charge >= 0.3 is 0 Å². The van der Waals surface area contributed by atoms with Crippen molar-refractivity contribution in [3.05, 3.63) is 0 Å². The van der Waals surface area contributed by atoms with Gasteiger partial charge in [0.25, 0.3) is 0 Å². The van der Waals surface area contributed by atoms with Crippen molar-refractivity contribution < 1.29 is 0 Å². The van der Waals surface area contributed by atoms with Gasteiger partial charge in [0.1, 0.15) is 0 Å². The normalized spacial score (nSPS) is 23.3. The summed E-state index contributed by atoms with van der Waals surface area (Å²) in [4.78, 5) is 0. The zero-order valence-corrected chi connectivity index (χ0v) is 6.79. The van der Waals surface area contributed by atoms with Gasteiger partial charge in [0.15, 0.2) is 0 Å². The van der Waals surface area contributed by atoms with Crippen LogP contribution in [0.25, 0.3) is 0 Å². The zero-order chi connectivity index (χ0) is 6.69. The predicted octanol–water partition coefficient (Wildman–Crippen LogP) is 2.17. The molecule has 0 aromatic heterocycles. The third kappa shape index (κ3) is 2.18. The lowest BCUT2D eigenvalue weighted by atomic mass is 9.82. The van der Waals surface area contributed by atoms with E-state index in [9.17, 15) is 0 Å². The molecule has 0 radical (unpaired) electrons. The highest BCUT2D eigenvalue weighted by Crippen LogP contribution is 2.32. The Morgan fingerprint density at radius 2 is 2.33 bits per heavy atom.